The third-order valence-corrected chi connectivity index (χ3v) is 4.47. The van der Waals surface area contributed by atoms with E-state index < -0.39 is 10.2 Å². The summed E-state index contributed by atoms with van der Waals surface area (Å²) < 4.78 is 23.6. The maximum absolute atomic E-state index is 12.2. The van der Waals surface area contributed by atoms with E-state index in [0.717, 1.165) is 11.1 Å². The van der Waals surface area contributed by atoms with Gasteiger partial charge in [-0.05, 0) is 12.5 Å². The predicted molar refractivity (Wildman–Crippen MR) is 76.1 cm³/mol. The van der Waals surface area contributed by atoms with Crippen LogP contribution in [0.4, 0.5) is 0 Å². The third-order valence-electron chi connectivity index (χ3n) is 3.39. The zero-order chi connectivity index (χ0) is 14.8. The maximum atomic E-state index is 12.2. The van der Waals surface area contributed by atoms with Gasteiger partial charge >= 0.3 is 0 Å². The van der Waals surface area contributed by atoms with Crippen LogP contribution in [0.15, 0.2) is 24.3 Å². The first kappa shape index (κ1) is 15.0. The fourth-order valence-electron chi connectivity index (χ4n) is 2.30. The average molecular weight is 297 g/mol. The molecule has 2 N–H and O–H groups in total. The molecule has 1 aliphatic rings. The fraction of sp³-hybridized carbons (Fsp3) is 0.462. The molecule has 0 atom stereocenters. The van der Waals surface area contributed by atoms with Gasteiger partial charge in [-0.3, -0.25) is 4.79 Å². The Labute approximate surface area is 119 Å². The van der Waals surface area contributed by atoms with Crippen LogP contribution >= 0.6 is 0 Å². The number of carbonyl (C=O) groups excluding carboxylic acids is 1. The van der Waals surface area contributed by atoms with Gasteiger partial charge in [-0.2, -0.15) is 12.7 Å². The minimum absolute atomic E-state index is 0.0182. The van der Waals surface area contributed by atoms with E-state index in [1.54, 1.807) is 4.90 Å². The van der Waals surface area contributed by atoms with Crippen LogP contribution in [0, 0.1) is 6.92 Å². The molecule has 6 nitrogen and oxygen atoms in total. The minimum atomic E-state index is -3.64. The lowest BCUT2D eigenvalue weighted by atomic mass is 10.1. The normalized spacial score (nSPS) is 17.2. The van der Waals surface area contributed by atoms with Crippen molar-refractivity contribution in [2.75, 3.05) is 26.2 Å². The Balaban J connectivity index is 1.92. The first-order valence-electron chi connectivity index (χ1n) is 6.47. The molecule has 0 spiro atoms. The Morgan fingerprint density at radius 1 is 1.25 bits per heavy atom. The monoisotopic (exact) mass is 297 g/mol. The van der Waals surface area contributed by atoms with Crippen molar-refractivity contribution in [3.63, 3.8) is 0 Å². The van der Waals surface area contributed by atoms with Crippen LogP contribution in [-0.4, -0.2) is 49.7 Å². The number of benzene rings is 1. The van der Waals surface area contributed by atoms with Crippen LogP contribution in [0.25, 0.3) is 0 Å². The number of nitrogens with zero attached hydrogens (tertiary/aromatic N) is 2. The first-order chi connectivity index (χ1) is 9.36. The van der Waals surface area contributed by atoms with Gasteiger partial charge in [0.15, 0.2) is 0 Å². The molecule has 20 heavy (non-hydrogen) atoms. The molecule has 0 saturated carbocycles. The highest BCUT2D eigenvalue weighted by atomic mass is 32.2. The van der Waals surface area contributed by atoms with Crippen molar-refractivity contribution in [1.29, 1.82) is 0 Å². The zero-order valence-electron chi connectivity index (χ0n) is 11.4. The summed E-state index contributed by atoms with van der Waals surface area (Å²) in [5.41, 5.74) is 2.10. The number of rotatable bonds is 3. The SMILES string of the molecule is Cc1cccc(CC(=O)N2CCN(S(N)(=O)=O)CC2)c1. The standard InChI is InChI=1S/C13H19N3O3S/c1-11-3-2-4-12(9-11)10-13(17)15-5-7-16(8-6-15)20(14,18)19/h2-4,9H,5-8,10H2,1H3,(H2,14,18,19). The van der Waals surface area contributed by atoms with Gasteiger partial charge in [0.2, 0.25) is 5.91 Å². The van der Waals surface area contributed by atoms with E-state index in [4.69, 9.17) is 5.14 Å². The molecule has 1 aromatic carbocycles. The molecule has 1 aromatic rings. The molecule has 2 rings (SSSR count). The Kier molecular flexibility index (Phi) is 4.42. The van der Waals surface area contributed by atoms with Crippen LogP contribution in [0.5, 0.6) is 0 Å². The second kappa shape index (κ2) is 5.90. The largest absolute Gasteiger partial charge is 0.340 e. The van der Waals surface area contributed by atoms with Crippen molar-refractivity contribution in [3.05, 3.63) is 35.4 Å². The van der Waals surface area contributed by atoms with Gasteiger partial charge < -0.3 is 4.90 Å². The summed E-state index contributed by atoms with van der Waals surface area (Å²) in [5.74, 6) is 0.0182. The van der Waals surface area contributed by atoms with Crippen molar-refractivity contribution in [3.8, 4) is 0 Å². The van der Waals surface area contributed by atoms with Crippen LogP contribution in [0.2, 0.25) is 0 Å². The maximum Gasteiger partial charge on any atom is 0.277 e. The van der Waals surface area contributed by atoms with Gasteiger partial charge in [0.25, 0.3) is 10.2 Å². The summed E-state index contributed by atoms with van der Waals surface area (Å²) in [6.07, 6.45) is 0.344. The summed E-state index contributed by atoms with van der Waals surface area (Å²) in [6.45, 7) is 3.29. The second-order valence-corrected chi connectivity index (χ2v) is 6.54. The highest BCUT2D eigenvalue weighted by Crippen LogP contribution is 2.09. The number of aryl methyl sites for hydroxylation is 1. The molecule has 0 bridgehead atoms. The van der Waals surface area contributed by atoms with Crippen molar-refractivity contribution < 1.29 is 13.2 Å². The highest BCUT2D eigenvalue weighted by molar-refractivity contribution is 7.86. The van der Waals surface area contributed by atoms with Crippen LogP contribution in [0.1, 0.15) is 11.1 Å². The summed E-state index contributed by atoms with van der Waals surface area (Å²) in [6, 6.07) is 7.82. The molecular weight excluding hydrogens is 278 g/mol. The summed E-state index contributed by atoms with van der Waals surface area (Å²) in [5, 5.41) is 5.07. The summed E-state index contributed by atoms with van der Waals surface area (Å²) >= 11 is 0. The number of piperazine rings is 1. The van der Waals surface area contributed by atoms with Gasteiger partial charge in [0.1, 0.15) is 0 Å². The van der Waals surface area contributed by atoms with Gasteiger partial charge in [-0.25, -0.2) is 5.14 Å². The molecule has 1 amide bonds. The van der Waals surface area contributed by atoms with Gasteiger partial charge in [-0.15, -0.1) is 0 Å². The molecule has 0 aromatic heterocycles. The predicted octanol–water partition coefficient (Wildman–Crippen LogP) is -0.115. The lowest BCUT2D eigenvalue weighted by molar-refractivity contribution is -0.131. The third kappa shape index (κ3) is 3.78. The van der Waals surface area contributed by atoms with E-state index in [2.05, 4.69) is 0 Å². The Bertz CT molecular complexity index is 593. The smallest absolute Gasteiger partial charge is 0.277 e. The number of hydrogen-bond donors (Lipinski definition) is 1. The van der Waals surface area contributed by atoms with Crippen molar-refractivity contribution in [1.82, 2.24) is 9.21 Å². The molecule has 1 heterocycles. The van der Waals surface area contributed by atoms with Crippen molar-refractivity contribution in [2.24, 2.45) is 5.14 Å². The van der Waals surface area contributed by atoms with Gasteiger partial charge in [0, 0.05) is 26.2 Å². The molecule has 1 saturated heterocycles. The van der Waals surface area contributed by atoms with E-state index in [9.17, 15) is 13.2 Å². The molecule has 0 unspecified atom stereocenters. The highest BCUT2D eigenvalue weighted by Gasteiger charge is 2.26. The van der Waals surface area contributed by atoms with Crippen molar-refractivity contribution in [2.45, 2.75) is 13.3 Å². The van der Waals surface area contributed by atoms with Crippen LogP contribution < -0.4 is 5.14 Å². The lowest BCUT2D eigenvalue weighted by Crippen LogP contribution is -2.52. The average Bonchev–Trinajstić information content (AvgIpc) is 2.38. The second-order valence-electron chi connectivity index (χ2n) is 4.99. The van der Waals surface area contributed by atoms with E-state index >= 15 is 0 Å². The zero-order valence-corrected chi connectivity index (χ0v) is 12.3. The summed E-state index contributed by atoms with van der Waals surface area (Å²) in [7, 11) is -3.64. The van der Waals surface area contributed by atoms with Gasteiger partial charge in [-0.1, -0.05) is 29.8 Å². The Hall–Kier alpha value is -1.44. The molecule has 0 aliphatic carbocycles. The van der Waals surface area contributed by atoms with E-state index in [1.807, 2.05) is 31.2 Å². The molecular formula is C13H19N3O3S. The van der Waals surface area contributed by atoms with Crippen molar-refractivity contribution >= 4 is 16.1 Å². The molecule has 7 heteroatoms. The number of amides is 1. The fourth-order valence-corrected chi connectivity index (χ4v) is 2.97. The number of carbonyl (C=O) groups is 1. The molecule has 1 fully saturated rings. The van der Waals surface area contributed by atoms with E-state index in [-0.39, 0.29) is 19.0 Å². The topological polar surface area (TPSA) is 83.7 Å². The quantitative estimate of drug-likeness (QED) is 0.844. The Morgan fingerprint density at radius 3 is 2.45 bits per heavy atom. The van der Waals surface area contributed by atoms with E-state index in [0.29, 0.717) is 19.5 Å². The molecule has 0 radical (unpaired) electrons. The lowest BCUT2D eigenvalue weighted by Gasteiger charge is -2.33. The number of nitrogens with two attached hydrogens (primary N) is 1. The molecule has 1 aliphatic heterocycles. The van der Waals surface area contributed by atoms with Crippen LogP contribution in [0.3, 0.4) is 0 Å². The summed E-state index contributed by atoms with van der Waals surface area (Å²) in [4.78, 5) is 13.8. The van der Waals surface area contributed by atoms with Gasteiger partial charge in [0.05, 0.1) is 6.42 Å². The van der Waals surface area contributed by atoms with Crippen LogP contribution in [-0.2, 0) is 21.4 Å². The first-order valence-corrected chi connectivity index (χ1v) is 7.98. The Morgan fingerprint density at radius 2 is 1.90 bits per heavy atom. The van der Waals surface area contributed by atoms with E-state index in [1.165, 1.54) is 4.31 Å². The number of hydrogen-bond acceptors (Lipinski definition) is 3. The minimum Gasteiger partial charge on any atom is -0.340 e. The molecule has 110 valence electrons.